The van der Waals surface area contributed by atoms with Crippen molar-refractivity contribution < 1.29 is 4.42 Å². The summed E-state index contributed by atoms with van der Waals surface area (Å²) in [4.78, 5) is 5.11. The number of hydrogen-bond acceptors (Lipinski definition) is 2. The fraction of sp³-hybridized carbons (Fsp3) is 0. The topological polar surface area (TPSA) is 26.0 Å². The number of fused-ring (bicyclic) bond motifs is 11. The van der Waals surface area contributed by atoms with E-state index in [4.69, 9.17) is 9.40 Å². The van der Waals surface area contributed by atoms with Crippen molar-refractivity contribution >= 4 is 65.0 Å². The van der Waals surface area contributed by atoms with Gasteiger partial charge >= 0.3 is 0 Å². The number of aromatic nitrogens is 1. The van der Waals surface area contributed by atoms with E-state index in [-0.39, 0.29) is 0 Å². The molecule has 10 rings (SSSR count). The first kappa shape index (κ1) is 26.0. The average molecular weight is 598 g/mol. The summed E-state index contributed by atoms with van der Waals surface area (Å²) in [6.07, 6.45) is 0. The summed E-state index contributed by atoms with van der Waals surface area (Å²) >= 11 is 0. The van der Waals surface area contributed by atoms with Crippen molar-refractivity contribution in [2.45, 2.75) is 0 Å². The van der Waals surface area contributed by atoms with Gasteiger partial charge in [-0.15, -0.1) is 0 Å². The molecule has 2 nitrogen and oxygen atoms in total. The smallest absolute Gasteiger partial charge is 0.143 e. The highest BCUT2D eigenvalue weighted by molar-refractivity contribution is 6.29. The van der Waals surface area contributed by atoms with Crippen LogP contribution in [0.2, 0.25) is 0 Å². The normalized spacial score (nSPS) is 11.8. The van der Waals surface area contributed by atoms with Crippen molar-refractivity contribution in [3.8, 4) is 33.6 Å². The van der Waals surface area contributed by atoms with E-state index >= 15 is 0 Å². The van der Waals surface area contributed by atoms with Gasteiger partial charge in [-0.25, -0.2) is 4.98 Å². The molecular formula is C45H27NO. The highest BCUT2D eigenvalue weighted by atomic mass is 16.3. The number of nitrogens with zero attached hydrogens (tertiary/aromatic N) is 1. The predicted molar refractivity (Wildman–Crippen MR) is 198 cm³/mol. The zero-order chi connectivity index (χ0) is 30.9. The Balaban J connectivity index is 1.24. The summed E-state index contributed by atoms with van der Waals surface area (Å²) in [5.41, 5.74) is 8.32. The van der Waals surface area contributed by atoms with E-state index in [1.165, 1.54) is 43.3 Å². The Bertz CT molecular complexity index is 2770. The predicted octanol–water partition coefficient (Wildman–Crippen LogP) is 12.6. The molecule has 0 atom stereocenters. The van der Waals surface area contributed by atoms with Gasteiger partial charge in [0.15, 0.2) is 0 Å². The van der Waals surface area contributed by atoms with E-state index in [1.807, 2.05) is 12.1 Å². The first-order valence-electron chi connectivity index (χ1n) is 16.0. The maximum atomic E-state index is 6.60. The number of hydrogen-bond donors (Lipinski definition) is 0. The van der Waals surface area contributed by atoms with E-state index in [2.05, 4.69) is 152 Å². The van der Waals surface area contributed by atoms with Gasteiger partial charge in [-0.05, 0) is 85.2 Å². The molecule has 8 aromatic carbocycles. The summed E-state index contributed by atoms with van der Waals surface area (Å²) in [6, 6.07) is 58.5. The molecule has 0 aliphatic carbocycles. The van der Waals surface area contributed by atoms with Gasteiger partial charge in [0.1, 0.15) is 11.2 Å². The SMILES string of the molecule is c1ccc(-c2cc(-c3ccc4c(c3)c3ccccc3c3cc5oc6c7ccccc7ccc6c5cc43)cc(-c3ccccc3)n2)cc1. The van der Waals surface area contributed by atoms with Gasteiger partial charge in [0, 0.05) is 27.3 Å². The van der Waals surface area contributed by atoms with Gasteiger partial charge in [0.2, 0.25) is 0 Å². The molecule has 0 aliphatic heterocycles. The van der Waals surface area contributed by atoms with E-state index < -0.39 is 0 Å². The van der Waals surface area contributed by atoms with Crippen molar-refractivity contribution in [3.05, 3.63) is 164 Å². The summed E-state index contributed by atoms with van der Waals surface area (Å²) in [5, 5.41) is 12.0. The Morgan fingerprint density at radius 2 is 0.872 bits per heavy atom. The monoisotopic (exact) mass is 597 g/mol. The third-order valence-corrected chi connectivity index (χ3v) is 9.62. The van der Waals surface area contributed by atoms with Gasteiger partial charge < -0.3 is 4.42 Å². The molecule has 0 aliphatic rings. The summed E-state index contributed by atoms with van der Waals surface area (Å²) in [6.45, 7) is 0. The maximum Gasteiger partial charge on any atom is 0.143 e. The lowest BCUT2D eigenvalue weighted by molar-refractivity contribution is 0.673. The molecule has 0 saturated carbocycles. The molecule has 10 aromatic rings. The summed E-state index contributed by atoms with van der Waals surface area (Å²) < 4.78 is 6.60. The van der Waals surface area contributed by atoms with Crippen LogP contribution in [0.15, 0.2) is 168 Å². The molecule has 0 saturated heterocycles. The van der Waals surface area contributed by atoms with Crippen molar-refractivity contribution in [2.24, 2.45) is 0 Å². The van der Waals surface area contributed by atoms with Crippen LogP contribution in [0.1, 0.15) is 0 Å². The average Bonchev–Trinajstić information content (AvgIpc) is 3.53. The van der Waals surface area contributed by atoms with E-state index in [0.29, 0.717) is 0 Å². The second kappa shape index (κ2) is 10.1. The van der Waals surface area contributed by atoms with Crippen LogP contribution in [0.4, 0.5) is 0 Å². The first-order chi connectivity index (χ1) is 23.3. The highest BCUT2D eigenvalue weighted by Gasteiger charge is 2.16. The molecule has 0 fully saturated rings. The van der Waals surface area contributed by atoms with Crippen LogP contribution < -0.4 is 0 Å². The molecule has 0 amide bonds. The van der Waals surface area contributed by atoms with Crippen LogP contribution in [0.3, 0.4) is 0 Å². The number of pyridine rings is 1. The van der Waals surface area contributed by atoms with Crippen LogP contribution in [-0.2, 0) is 0 Å². The molecule has 0 bridgehead atoms. The molecule has 2 heteroatoms. The minimum Gasteiger partial charge on any atom is -0.455 e. The number of benzene rings is 8. The highest BCUT2D eigenvalue weighted by Crippen LogP contribution is 2.42. The zero-order valence-electron chi connectivity index (χ0n) is 25.4. The molecular weight excluding hydrogens is 571 g/mol. The number of rotatable bonds is 3. The van der Waals surface area contributed by atoms with Gasteiger partial charge in [-0.2, -0.15) is 0 Å². The molecule has 0 N–H and O–H groups in total. The Morgan fingerprint density at radius 3 is 1.57 bits per heavy atom. The van der Waals surface area contributed by atoms with Crippen LogP contribution in [-0.4, -0.2) is 4.98 Å². The third kappa shape index (κ3) is 4.09. The van der Waals surface area contributed by atoms with Crippen molar-refractivity contribution in [1.82, 2.24) is 4.98 Å². The summed E-state index contributed by atoms with van der Waals surface area (Å²) in [7, 11) is 0. The van der Waals surface area contributed by atoms with Crippen LogP contribution >= 0.6 is 0 Å². The maximum absolute atomic E-state index is 6.60. The lowest BCUT2D eigenvalue weighted by Gasteiger charge is -2.14. The Hall–Kier alpha value is -6.25. The van der Waals surface area contributed by atoms with Crippen molar-refractivity contribution in [2.75, 3.05) is 0 Å². The fourth-order valence-electron chi connectivity index (χ4n) is 7.34. The fourth-order valence-corrected chi connectivity index (χ4v) is 7.34. The van der Waals surface area contributed by atoms with Crippen molar-refractivity contribution in [1.29, 1.82) is 0 Å². The Kier molecular flexibility index (Phi) is 5.61. The first-order valence-corrected chi connectivity index (χ1v) is 16.0. The van der Waals surface area contributed by atoms with Gasteiger partial charge in [-0.1, -0.05) is 127 Å². The van der Waals surface area contributed by atoms with E-state index in [1.54, 1.807) is 0 Å². The summed E-state index contributed by atoms with van der Waals surface area (Å²) in [5.74, 6) is 0. The van der Waals surface area contributed by atoms with Gasteiger partial charge in [0.05, 0.1) is 11.4 Å². The second-order valence-corrected chi connectivity index (χ2v) is 12.3. The van der Waals surface area contributed by atoms with Crippen molar-refractivity contribution in [3.63, 3.8) is 0 Å². The standard InChI is InChI=1S/C45H27NO/c1-3-12-29(13-4-1)42-24-32(25-43(46-42)30-14-5-2-6-15-30)31-20-21-36-38(23-31)34-17-9-10-18-35(34)40-27-44-41(26-39(36)40)37-22-19-28-11-7-8-16-33(28)45(37)47-44/h1-27H. The molecule has 218 valence electrons. The molecule has 2 aromatic heterocycles. The molecule has 47 heavy (non-hydrogen) atoms. The van der Waals surface area contributed by atoms with Gasteiger partial charge in [0.25, 0.3) is 0 Å². The van der Waals surface area contributed by atoms with Crippen LogP contribution in [0.25, 0.3) is 98.7 Å². The van der Waals surface area contributed by atoms with Crippen LogP contribution in [0, 0.1) is 0 Å². The Morgan fingerprint density at radius 1 is 0.319 bits per heavy atom. The van der Waals surface area contributed by atoms with Gasteiger partial charge in [-0.3, -0.25) is 0 Å². The molecule has 0 radical (unpaired) electrons. The quantitative estimate of drug-likeness (QED) is 0.189. The zero-order valence-corrected chi connectivity index (χ0v) is 25.4. The molecule has 0 spiro atoms. The molecule has 0 unspecified atom stereocenters. The minimum absolute atomic E-state index is 0.920. The second-order valence-electron chi connectivity index (χ2n) is 12.3. The van der Waals surface area contributed by atoms with Crippen LogP contribution in [0.5, 0.6) is 0 Å². The molecule has 2 heterocycles. The third-order valence-electron chi connectivity index (χ3n) is 9.62. The minimum atomic E-state index is 0.920. The van der Waals surface area contributed by atoms with E-state index in [9.17, 15) is 0 Å². The number of furan rings is 1. The lowest BCUT2D eigenvalue weighted by Crippen LogP contribution is -1.91. The lowest BCUT2D eigenvalue weighted by atomic mass is 9.91. The largest absolute Gasteiger partial charge is 0.455 e. The van der Waals surface area contributed by atoms with E-state index in [0.717, 1.165) is 55.4 Å². The Labute approximate surface area is 271 Å².